The van der Waals surface area contributed by atoms with Crippen LogP contribution in [0.25, 0.3) is 11.3 Å². The highest BCUT2D eigenvalue weighted by molar-refractivity contribution is 7.08. The molecule has 1 N–H and O–H groups in total. The molecule has 3 rings (SSSR count). The lowest BCUT2D eigenvalue weighted by Gasteiger charge is -2.23. The molecule has 0 saturated carbocycles. The fraction of sp³-hybridized carbons (Fsp3) is 0.462. The summed E-state index contributed by atoms with van der Waals surface area (Å²) in [6, 6.07) is 4.82. The number of nitrogens with one attached hydrogen (secondary N) is 1. The maximum absolute atomic E-state index is 4.63. The monoisotopic (exact) mass is 247 g/mol. The quantitative estimate of drug-likeness (QED) is 0.904. The lowest BCUT2D eigenvalue weighted by Crippen LogP contribution is -2.37. The van der Waals surface area contributed by atoms with Gasteiger partial charge in [-0.25, -0.2) is 0 Å². The standard InChI is InChI=1S/C13H17N3S/c1-2-6-14-12(3-1)9-16-7-4-13(15-16)11-5-8-17-10-11/h4-5,7-8,10,12,14H,1-3,6,9H2/t12-/m0/s1. The van der Waals surface area contributed by atoms with Gasteiger partial charge in [-0.3, -0.25) is 4.68 Å². The molecule has 0 bridgehead atoms. The van der Waals surface area contributed by atoms with Crippen molar-refractivity contribution in [3.63, 3.8) is 0 Å². The van der Waals surface area contributed by atoms with Crippen molar-refractivity contribution in [1.82, 2.24) is 15.1 Å². The van der Waals surface area contributed by atoms with Crippen molar-refractivity contribution in [2.24, 2.45) is 0 Å². The van der Waals surface area contributed by atoms with E-state index >= 15 is 0 Å². The van der Waals surface area contributed by atoms with E-state index in [0.717, 1.165) is 18.8 Å². The second-order valence-electron chi connectivity index (χ2n) is 4.58. The van der Waals surface area contributed by atoms with E-state index in [2.05, 4.69) is 44.2 Å². The Morgan fingerprint density at radius 3 is 3.18 bits per heavy atom. The highest BCUT2D eigenvalue weighted by Gasteiger charge is 2.13. The number of thiophene rings is 1. The summed E-state index contributed by atoms with van der Waals surface area (Å²) >= 11 is 1.72. The minimum Gasteiger partial charge on any atom is -0.312 e. The second kappa shape index (κ2) is 5.02. The van der Waals surface area contributed by atoms with Gasteiger partial charge in [0.2, 0.25) is 0 Å². The molecule has 1 atom stereocenters. The zero-order chi connectivity index (χ0) is 11.5. The average molecular weight is 247 g/mol. The Morgan fingerprint density at radius 1 is 1.41 bits per heavy atom. The number of hydrogen-bond donors (Lipinski definition) is 1. The molecule has 0 spiro atoms. The van der Waals surface area contributed by atoms with Crippen molar-refractivity contribution in [1.29, 1.82) is 0 Å². The molecule has 1 fully saturated rings. The molecule has 3 nitrogen and oxygen atoms in total. The Bertz CT molecular complexity index is 455. The van der Waals surface area contributed by atoms with Gasteiger partial charge in [0.05, 0.1) is 12.2 Å². The predicted octanol–water partition coefficient (Wildman–Crippen LogP) is 2.75. The number of rotatable bonds is 3. The van der Waals surface area contributed by atoms with Crippen molar-refractivity contribution in [3.05, 3.63) is 29.1 Å². The van der Waals surface area contributed by atoms with Crippen molar-refractivity contribution in [2.75, 3.05) is 6.54 Å². The largest absolute Gasteiger partial charge is 0.312 e. The van der Waals surface area contributed by atoms with Crippen molar-refractivity contribution < 1.29 is 0 Å². The zero-order valence-electron chi connectivity index (χ0n) is 9.80. The fourth-order valence-electron chi connectivity index (χ4n) is 2.33. The first-order valence-electron chi connectivity index (χ1n) is 6.21. The van der Waals surface area contributed by atoms with Crippen LogP contribution in [-0.2, 0) is 6.54 Å². The van der Waals surface area contributed by atoms with Crippen LogP contribution in [0.4, 0.5) is 0 Å². The Morgan fingerprint density at radius 2 is 2.41 bits per heavy atom. The summed E-state index contributed by atoms with van der Waals surface area (Å²) in [4.78, 5) is 0. The fourth-order valence-corrected chi connectivity index (χ4v) is 2.98. The molecule has 0 unspecified atom stereocenters. The normalized spacial score (nSPS) is 20.6. The minimum atomic E-state index is 0.596. The molecule has 2 aromatic heterocycles. The molecule has 3 heterocycles. The molecule has 1 aliphatic heterocycles. The Balaban J connectivity index is 1.68. The molecule has 1 saturated heterocycles. The molecule has 0 aromatic carbocycles. The molecule has 2 aromatic rings. The van der Waals surface area contributed by atoms with Gasteiger partial charge in [0.25, 0.3) is 0 Å². The lowest BCUT2D eigenvalue weighted by molar-refractivity contribution is 0.351. The van der Waals surface area contributed by atoms with Crippen LogP contribution in [0.2, 0.25) is 0 Å². The molecule has 0 radical (unpaired) electrons. The van der Waals surface area contributed by atoms with Gasteiger partial charge in [-0.2, -0.15) is 16.4 Å². The topological polar surface area (TPSA) is 29.9 Å². The van der Waals surface area contributed by atoms with Crippen LogP contribution >= 0.6 is 11.3 Å². The van der Waals surface area contributed by atoms with Crippen molar-refractivity contribution in [3.8, 4) is 11.3 Å². The van der Waals surface area contributed by atoms with Gasteiger partial charge in [0.1, 0.15) is 0 Å². The SMILES string of the molecule is c1cc(-c2ccn(C[C@@H]3CCCCN3)n2)cs1. The van der Waals surface area contributed by atoms with Crippen molar-refractivity contribution in [2.45, 2.75) is 31.8 Å². The first-order valence-corrected chi connectivity index (χ1v) is 7.15. The molecular weight excluding hydrogens is 230 g/mol. The van der Waals surface area contributed by atoms with Crippen LogP contribution in [0, 0.1) is 0 Å². The van der Waals surface area contributed by atoms with Gasteiger partial charge < -0.3 is 5.32 Å². The minimum absolute atomic E-state index is 0.596. The lowest BCUT2D eigenvalue weighted by atomic mass is 10.1. The van der Waals surface area contributed by atoms with Crippen LogP contribution in [0.5, 0.6) is 0 Å². The molecule has 4 heteroatoms. The summed E-state index contributed by atoms with van der Waals surface area (Å²) in [5.41, 5.74) is 2.31. The van der Waals surface area contributed by atoms with Gasteiger partial charge >= 0.3 is 0 Å². The van der Waals surface area contributed by atoms with Crippen LogP contribution in [-0.4, -0.2) is 22.4 Å². The van der Waals surface area contributed by atoms with E-state index in [-0.39, 0.29) is 0 Å². The summed E-state index contributed by atoms with van der Waals surface area (Å²) < 4.78 is 2.07. The second-order valence-corrected chi connectivity index (χ2v) is 5.36. The van der Waals surface area contributed by atoms with E-state index < -0.39 is 0 Å². The summed E-state index contributed by atoms with van der Waals surface area (Å²) in [6.07, 6.45) is 6.02. The first kappa shape index (κ1) is 11.0. The van der Waals surface area contributed by atoms with Gasteiger partial charge in [-0.1, -0.05) is 6.42 Å². The smallest absolute Gasteiger partial charge is 0.0931 e. The molecule has 0 aliphatic carbocycles. The highest BCUT2D eigenvalue weighted by atomic mass is 32.1. The van der Waals surface area contributed by atoms with Gasteiger partial charge in [-0.15, -0.1) is 0 Å². The van der Waals surface area contributed by atoms with E-state index in [1.807, 2.05) is 0 Å². The van der Waals surface area contributed by atoms with Gasteiger partial charge in [-0.05, 0) is 36.9 Å². The van der Waals surface area contributed by atoms with E-state index in [1.165, 1.54) is 24.8 Å². The van der Waals surface area contributed by atoms with Crippen LogP contribution in [0.1, 0.15) is 19.3 Å². The number of nitrogens with zero attached hydrogens (tertiary/aromatic N) is 2. The predicted molar refractivity (Wildman–Crippen MR) is 71.2 cm³/mol. The van der Waals surface area contributed by atoms with Gasteiger partial charge in [0.15, 0.2) is 0 Å². The molecule has 1 aliphatic rings. The molecule has 17 heavy (non-hydrogen) atoms. The number of aromatic nitrogens is 2. The summed E-state index contributed by atoms with van der Waals surface area (Å²) in [6.45, 7) is 2.15. The van der Waals surface area contributed by atoms with E-state index in [0.29, 0.717) is 6.04 Å². The van der Waals surface area contributed by atoms with Crippen LogP contribution < -0.4 is 5.32 Å². The average Bonchev–Trinajstić information content (AvgIpc) is 3.00. The van der Waals surface area contributed by atoms with Gasteiger partial charge in [0, 0.05) is 23.2 Å². The van der Waals surface area contributed by atoms with E-state index in [4.69, 9.17) is 0 Å². The molecule has 90 valence electrons. The number of piperidine rings is 1. The van der Waals surface area contributed by atoms with Crippen molar-refractivity contribution >= 4 is 11.3 Å². The van der Waals surface area contributed by atoms with E-state index in [9.17, 15) is 0 Å². The highest BCUT2D eigenvalue weighted by Crippen LogP contribution is 2.20. The number of hydrogen-bond acceptors (Lipinski definition) is 3. The third-order valence-electron chi connectivity index (χ3n) is 3.28. The zero-order valence-corrected chi connectivity index (χ0v) is 10.6. The summed E-state index contributed by atoms with van der Waals surface area (Å²) in [5.74, 6) is 0. The molecular formula is C13H17N3S. The van der Waals surface area contributed by atoms with Crippen LogP contribution in [0.15, 0.2) is 29.1 Å². The maximum Gasteiger partial charge on any atom is 0.0931 e. The maximum atomic E-state index is 4.63. The summed E-state index contributed by atoms with van der Waals surface area (Å²) in [7, 11) is 0. The first-order chi connectivity index (χ1) is 8.42. The summed E-state index contributed by atoms with van der Waals surface area (Å²) in [5, 5.41) is 12.4. The Kier molecular flexibility index (Phi) is 3.25. The van der Waals surface area contributed by atoms with E-state index in [1.54, 1.807) is 11.3 Å². The molecule has 0 amide bonds. The third-order valence-corrected chi connectivity index (χ3v) is 3.96. The third kappa shape index (κ3) is 2.58. The Labute approximate surface area is 105 Å². The Hall–Kier alpha value is -1.13. The van der Waals surface area contributed by atoms with Crippen LogP contribution in [0.3, 0.4) is 0 Å².